The smallest absolute Gasteiger partial charge is 0.338 e. The Morgan fingerprint density at radius 1 is 0.963 bits per heavy atom. The molecule has 27 heavy (non-hydrogen) atoms. The molecule has 0 unspecified atom stereocenters. The predicted octanol–water partition coefficient (Wildman–Crippen LogP) is 4.42. The van der Waals surface area contributed by atoms with Gasteiger partial charge in [-0.15, -0.1) is 0 Å². The summed E-state index contributed by atoms with van der Waals surface area (Å²) in [4.78, 5) is 24.7. The van der Waals surface area contributed by atoms with Gasteiger partial charge in [0.1, 0.15) is 5.75 Å². The molecule has 1 amide bonds. The minimum Gasteiger partial charge on any atom is -0.494 e. The van der Waals surface area contributed by atoms with Crippen molar-refractivity contribution in [3.05, 3.63) is 72.3 Å². The number of nitrogens with one attached hydrogen (secondary N) is 1. The van der Waals surface area contributed by atoms with Crippen molar-refractivity contribution in [3.63, 3.8) is 0 Å². The largest absolute Gasteiger partial charge is 0.494 e. The van der Waals surface area contributed by atoms with Gasteiger partial charge < -0.3 is 14.8 Å². The van der Waals surface area contributed by atoms with E-state index in [0.29, 0.717) is 23.6 Å². The lowest BCUT2D eigenvalue weighted by molar-refractivity contribution is -0.123. The molecule has 0 bridgehead atoms. The summed E-state index contributed by atoms with van der Waals surface area (Å²) in [6, 6.07) is 20.0. The molecule has 1 atom stereocenters. The number of ether oxygens (including phenoxy) is 2. The molecular weight excluding hydrogens is 342 g/mol. The molecule has 0 heterocycles. The first-order valence-electron chi connectivity index (χ1n) is 8.81. The van der Waals surface area contributed by atoms with Crippen LogP contribution in [0.15, 0.2) is 66.7 Å². The van der Waals surface area contributed by atoms with Gasteiger partial charge in [-0.2, -0.15) is 0 Å². The van der Waals surface area contributed by atoms with Crippen LogP contribution in [-0.4, -0.2) is 24.6 Å². The third-order valence-corrected chi connectivity index (χ3v) is 4.10. The van der Waals surface area contributed by atoms with Crippen LogP contribution in [0.3, 0.4) is 0 Å². The molecule has 5 nitrogen and oxygen atoms in total. The Morgan fingerprint density at radius 3 is 2.41 bits per heavy atom. The zero-order valence-electron chi connectivity index (χ0n) is 15.3. The maximum absolute atomic E-state index is 12.5. The van der Waals surface area contributed by atoms with E-state index in [4.69, 9.17) is 9.47 Å². The highest BCUT2D eigenvalue weighted by atomic mass is 16.5. The first-order chi connectivity index (χ1) is 13.1. The molecule has 0 saturated heterocycles. The zero-order valence-corrected chi connectivity index (χ0v) is 15.3. The normalized spacial score (nSPS) is 11.6. The van der Waals surface area contributed by atoms with Crippen molar-refractivity contribution >= 4 is 28.3 Å². The molecule has 0 aromatic heterocycles. The summed E-state index contributed by atoms with van der Waals surface area (Å²) in [5.41, 5.74) is 1.05. The van der Waals surface area contributed by atoms with E-state index in [-0.39, 0.29) is 5.91 Å². The Balaban J connectivity index is 1.65. The first kappa shape index (κ1) is 18.5. The van der Waals surface area contributed by atoms with E-state index >= 15 is 0 Å². The molecular formula is C22H21NO4. The summed E-state index contributed by atoms with van der Waals surface area (Å²) in [6.45, 7) is 3.99. The van der Waals surface area contributed by atoms with Crippen molar-refractivity contribution in [1.29, 1.82) is 0 Å². The van der Waals surface area contributed by atoms with Crippen LogP contribution in [0.25, 0.3) is 10.8 Å². The van der Waals surface area contributed by atoms with Crippen LogP contribution < -0.4 is 10.1 Å². The molecule has 5 heteroatoms. The molecule has 0 spiro atoms. The fourth-order valence-electron chi connectivity index (χ4n) is 2.70. The fraction of sp³-hybridized carbons (Fsp3) is 0.182. The monoisotopic (exact) mass is 363 g/mol. The number of fused-ring (bicyclic) bond motifs is 1. The highest BCUT2D eigenvalue weighted by Gasteiger charge is 2.19. The lowest BCUT2D eigenvalue weighted by atomic mass is 10.1. The maximum atomic E-state index is 12.5. The average Bonchev–Trinajstić information content (AvgIpc) is 2.69. The fourth-order valence-corrected chi connectivity index (χ4v) is 2.70. The van der Waals surface area contributed by atoms with Gasteiger partial charge in [-0.25, -0.2) is 4.79 Å². The van der Waals surface area contributed by atoms with E-state index in [1.54, 1.807) is 31.2 Å². The summed E-state index contributed by atoms with van der Waals surface area (Å²) in [6.07, 6.45) is -0.928. The highest BCUT2D eigenvalue weighted by Crippen LogP contribution is 2.23. The van der Waals surface area contributed by atoms with Crippen molar-refractivity contribution in [2.45, 2.75) is 20.0 Å². The van der Waals surface area contributed by atoms with Gasteiger partial charge in [-0.3, -0.25) is 4.79 Å². The van der Waals surface area contributed by atoms with Crippen LogP contribution in [0.2, 0.25) is 0 Å². The van der Waals surface area contributed by atoms with Gasteiger partial charge in [-0.05, 0) is 49.6 Å². The molecule has 0 fully saturated rings. The highest BCUT2D eigenvalue weighted by molar-refractivity contribution is 6.04. The summed E-state index contributed by atoms with van der Waals surface area (Å²) in [5.74, 6) is -0.264. The van der Waals surface area contributed by atoms with Crippen LogP contribution in [0.5, 0.6) is 5.75 Å². The van der Waals surface area contributed by atoms with Gasteiger partial charge in [0.05, 0.1) is 12.2 Å². The van der Waals surface area contributed by atoms with Crippen LogP contribution in [0.4, 0.5) is 5.69 Å². The van der Waals surface area contributed by atoms with Gasteiger partial charge in [0, 0.05) is 11.1 Å². The molecule has 0 aliphatic heterocycles. The number of amides is 1. The van der Waals surface area contributed by atoms with E-state index < -0.39 is 12.1 Å². The standard InChI is InChI=1S/C22H21NO4/c1-3-26-18-13-11-17(12-14-18)22(25)27-15(2)21(24)23-20-10-6-8-16-7-4-5-9-19(16)20/h4-15H,3H2,1-2H3,(H,23,24)/t15-/m1/s1. The second-order valence-electron chi connectivity index (χ2n) is 6.02. The number of benzene rings is 3. The van der Waals surface area contributed by atoms with Crippen molar-refractivity contribution < 1.29 is 19.1 Å². The topological polar surface area (TPSA) is 64.6 Å². The molecule has 0 aliphatic carbocycles. The lowest BCUT2D eigenvalue weighted by Crippen LogP contribution is -2.30. The molecule has 138 valence electrons. The van der Waals surface area contributed by atoms with Gasteiger partial charge in [0.2, 0.25) is 0 Å². The number of esters is 1. The van der Waals surface area contributed by atoms with Crippen LogP contribution in [-0.2, 0) is 9.53 Å². The molecule has 0 radical (unpaired) electrons. The molecule has 3 aromatic rings. The third kappa shape index (κ3) is 4.44. The Kier molecular flexibility index (Phi) is 5.71. The molecule has 1 N–H and O–H groups in total. The van der Waals surface area contributed by atoms with Crippen LogP contribution in [0.1, 0.15) is 24.2 Å². The summed E-state index contributed by atoms with van der Waals surface area (Å²) < 4.78 is 10.6. The summed E-state index contributed by atoms with van der Waals surface area (Å²) >= 11 is 0. The molecule has 0 saturated carbocycles. The van der Waals surface area contributed by atoms with E-state index in [0.717, 1.165) is 10.8 Å². The van der Waals surface area contributed by atoms with Gasteiger partial charge in [0.25, 0.3) is 5.91 Å². The molecule has 3 aromatic carbocycles. The molecule has 0 aliphatic rings. The minimum absolute atomic E-state index is 0.364. The minimum atomic E-state index is -0.928. The van der Waals surface area contributed by atoms with E-state index in [1.165, 1.54) is 0 Å². The quantitative estimate of drug-likeness (QED) is 0.658. The Morgan fingerprint density at radius 2 is 1.67 bits per heavy atom. The predicted molar refractivity (Wildman–Crippen MR) is 105 cm³/mol. The van der Waals surface area contributed by atoms with E-state index in [2.05, 4.69) is 5.32 Å². The van der Waals surface area contributed by atoms with Crippen molar-refractivity contribution in [2.24, 2.45) is 0 Å². The number of carbonyl (C=O) groups is 2. The van der Waals surface area contributed by atoms with Gasteiger partial charge >= 0.3 is 5.97 Å². The summed E-state index contributed by atoms with van der Waals surface area (Å²) in [7, 11) is 0. The van der Waals surface area contributed by atoms with Crippen LogP contribution >= 0.6 is 0 Å². The SMILES string of the molecule is CCOc1ccc(C(=O)O[C@H](C)C(=O)Nc2cccc3ccccc23)cc1. The van der Waals surface area contributed by atoms with Gasteiger partial charge in [-0.1, -0.05) is 36.4 Å². The average molecular weight is 363 g/mol. The Hall–Kier alpha value is -3.34. The number of rotatable bonds is 6. The van der Waals surface area contributed by atoms with E-state index in [1.807, 2.05) is 49.4 Å². The van der Waals surface area contributed by atoms with Gasteiger partial charge in [0.15, 0.2) is 6.10 Å². The number of hydrogen-bond donors (Lipinski definition) is 1. The van der Waals surface area contributed by atoms with Crippen molar-refractivity contribution in [2.75, 3.05) is 11.9 Å². The second kappa shape index (κ2) is 8.36. The lowest BCUT2D eigenvalue weighted by Gasteiger charge is -2.15. The Bertz CT molecular complexity index is 945. The van der Waals surface area contributed by atoms with E-state index in [9.17, 15) is 9.59 Å². The Labute approximate surface area is 157 Å². The first-order valence-corrected chi connectivity index (χ1v) is 8.81. The summed E-state index contributed by atoms with van der Waals surface area (Å²) in [5, 5.41) is 4.78. The maximum Gasteiger partial charge on any atom is 0.338 e. The van der Waals surface area contributed by atoms with Crippen molar-refractivity contribution in [3.8, 4) is 5.75 Å². The zero-order chi connectivity index (χ0) is 19.2. The number of carbonyl (C=O) groups excluding carboxylic acids is 2. The van der Waals surface area contributed by atoms with Crippen molar-refractivity contribution in [1.82, 2.24) is 0 Å². The second-order valence-corrected chi connectivity index (χ2v) is 6.02. The third-order valence-electron chi connectivity index (χ3n) is 4.10. The van der Waals surface area contributed by atoms with Crippen LogP contribution in [0, 0.1) is 0 Å². The number of anilines is 1. The molecule has 3 rings (SSSR count). The number of hydrogen-bond acceptors (Lipinski definition) is 4.